The largest absolute Gasteiger partial charge is 0.469 e. The number of carbonyl (C=O) groups excluding carboxylic acids is 1. The van der Waals surface area contributed by atoms with Crippen molar-refractivity contribution < 1.29 is 14.0 Å². The Morgan fingerprint density at radius 2 is 1.35 bits per heavy atom. The fourth-order valence-corrected chi connectivity index (χ4v) is 3.98. The molecule has 0 saturated heterocycles. The molecule has 3 nitrogen and oxygen atoms in total. The molecule has 0 aliphatic rings. The maximum absolute atomic E-state index is 11.5. The van der Waals surface area contributed by atoms with E-state index in [1.165, 1.54) is 52.1 Å². The van der Waals surface area contributed by atoms with Crippen LogP contribution in [0.5, 0.6) is 0 Å². The topological polar surface area (TPSA) is 35.5 Å². The number of carbonyl (C=O) groups is 1. The average Bonchev–Trinajstić information content (AvgIpc) is 2.43. The second kappa shape index (κ2) is 13.0. The molecule has 0 spiro atoms. The van der Waals surface area contributed by atoms with Gasteiger partial charge in [-0.05, 0) is 32.0 Å². The van der Waals surface area contributed by atoms with Gasteiger partial charge in [0.2, 0.25) is 0 Å². The highest BCUT2D eigenvalue weighted by Gasteiger charge is 2.23. The Kier molecular flexibility index (Phi) is 12.8. The van der Waals surface area contributed by atoms with Gasteiger partial charge in [-0.2, -0.15) is 0 Å². The van der Waals surface area contributed by atoms with E-state index in [9.17, 15) is 4.79 Å². The van der Waals surface area contributed by atoms with E-state index in [-0.39, 0.29) is 12.1 Å². The summed E-state index contributed by atoms with van der Waals surface area (Å²) in [4.78, 5) is 11.5. The molecule has 0 rings (SSSR count). The van der Waals surface area contributed by atoms with E-state index in [0.29, 0.717) is 6.42 Å². The Morgan fingerprint density at radius 3 is 1.78 bits per heavy atom. The van der Waals surface area contributed by atoms with Crippen LogP contribution in [-0.4, -0.2) is 27.5 Å². The summed E-state index contributed by atoms with van der Waals surface area (Å²) in [7, 11) is -0.156. The van der Waals surface area contributed by atoms with E-state index < -0.39 is 8.32 Å². The molecule has 0 aliphatic carbocycles. The van der Waals surface area contributed by atoms with Gasteiger partial charge in [-0.15, -0.1) is 0 Å². The van der Waals surface area contributed by atoms with Crippen LogP contribution in [0.2, 0.25) is 19.6 Å². The monoisotopic (exact) mass is 344 g/mol. The van der Waals surface area contributed by atoms with Crippen molar-refractivity contribution in [1.29, 1.82) is 0 Å². The van der Waals surface area contributed by atoms with E-state index in [0.717, 1.165) is 18.8 Å². The standard InChI is InChI=1S/C19H40O3Si/c1-17(2)14-12-10-8-7-9-11-13-15-18(16-19(20)21-3)22-23(4,5)6/h17-18H,7-16H2,1-6H3. The first-order valence-corrected chi connectivity index (χ1v) is 12.9. The Hall–Kier alpha value is -0.353. The summed E-state index contributed by atoms with van der Waals surface area (Å²) in [6, 6.07) is 0. The predicted molar refractivity (Wildman–Crippen MR) is 101 cm³/mol. The van der Waals surface area contributed by atoms with Crippen molar-refractivity contribution >= 4 is 14.3 Å². The lowest BCUT2D eigenvalue weighted by atomic mass is 10.0. The first kappa shape index (κ1) is 22.6. The summed E-state index contributed by atoms with van der Waals surface area (Å²) < 4.78 is 10.9. The highest BCUT2D eigenvalue weighted by atomic mass is 28.4. The molecule has 0 aromatic rings. The zero-order chi connectivity index (χ0) is 17.7. The Bertz CT molecular complexity index is 297. The number of unbranched alkanes of at least 4 members (excludes halogenated alkanes) is 6. The normalized spacial score (nSPS) is 13.3. The van der Waals surface area contributed by atoms with E-state index in [1.807, 2.05) is 0 Å². The maximum Gasteiger partial charge on any atom is 0.308 e. The minimum absolute atomic E-state index is 0.0418. The van der Waals surface area contributed by atoms with Gasteiger partial charge < -0.3 is 9.16 Å². The number of esters is 1. The van der Waals surface area contributed by atoms with Gasteiger partial charge in [-0.25, -0.2) is 0 Å². The molecule has 0 aromatic heterocycles. The van der Waals surface area contributed by atoms with Crippen LogP contribution in [-0.2, 0) is 14.0 Å². The quantitative estimate of drug-likeness (QED) is 0.222. The van der Waals surface area contributed by atoms with Crippen LogP contribution in [0, 0.1) is 5.92 Å². The van der Waals surface area contributed by atoms with Gasteiger partial charge in [0.05, 0.1) is 19.6 Å². The Morgan fingerprint density at radius 1 is 0.870 bits per heavy atom. The molecule has 0 fully saturated rings. The van der Waals surface area contributed by atoms with E-state index in [4.69, 9.17) is 9.16 Å². The molecule has 0 radical (unpaired) electrons. The molecule has 0 bridgehead atoms. The molecular formula is C19H40O3Si. The van der Waals surface area contributed by atoms with Gasteiger partial charge in [0, 0.05) is 0 Å². The highest BCUT2D eigenvalue weighted by Crippen LogP contribution is 2.18. The molecule has 4 heteroatoms. The average molecular weight is 345 g/mol. The molecule has 23 heavy (non-hydrogen) atoms. The summed E-state index contributed by atoms with van der Waals surface area (Å²) in [5, 5.41) is 0. The number of methoxy groups -OCH3 is 1. The van der Waals surface area contributed by atoms with Gasteiger partial charge in [0.15, 0.2) is 8.32 Å². The van der Waals surface area contributed by atoms with Gasteiger partial charge in [-0.1, -0.05) is 65.2 Å². The van der Waals surface area contributed by atoms with E-state index in [1.54, 1.807) is 0 Å². The van der Waals surface area contributed by atoms with Crippen molar-refractivity contribution in [2.45, 2.75) is 104 Å². The lowest BCUT2D eigenvalue weighted by molar-refractivity contribution is -0.142. The molecule has 0 saturated carbocycles. The molecule has 0 aromatic carbocycles. The zero-order valence-corrected chi connectivity index (χ0v) is 17.5. The van der Waals surface area contributed by atoms with Crippen LogP contribution >= 0.6 is 0 Å². The zero-order valence-electron chi connectivity index (χ0n) is 16.5. The number of hydrogen-bond donors (Lipinski definition) is 0. The summed E-state index contributed by atoms with van der Waals surface area (Å²) in [6.45, 7) is 11.1. The van der Waals surface area contributed by atoms with Crippen molar-refractivity contribution in [3.8, 4) is 0 Å². The van der Waals surface area contributed by atoms with Gasteiger partial charge >= 0.3 is 5.97 Å². The van der Waals surface area contributed by atoms with Crippen molar-refractivity contribution in [2.75, 3.05) is 7.11 Å². The van der Waals surface area contributed by atoms with Gasteiger partial charge in [0.1, 0.15) is 0 Å². The summed E-state index contributed by atoms with van der Waals surface area (Å²) >= 11 is 0. The molecule has 0 aliphatic heterocycles. The third-order valence-corrected chi connectivity index (χ3v) is 4.99. The second-order valence-electron chi connectivity index (χ2n) is 8.08. The maximum atomic E-state index is 11.5. The predicted octanol–water partition coefficient (Wildman–Crippen LogP) is 5.94. The molecule has 1 atom stereocenters. The first-order chi connectivity index (χ1) is 10.7. The molecule has 138 valence electrons. The van der Waals surface area contributed by atoms with Crippen LogP contribution in [0.25, 0.3) is 0 Å². The molecular weight excluding hydrogens is 304 g/mol. The Balaban J connectivity index is 3.75. The van der Waals surface area contributed by atoms with Crippen molar-refractivity contribution in [2.24, 2.45) is 5.92 Å². The fourth-order valence-electron chi connectivity index (χ4n) is 2.78. The van der Waals surface area contributed by atoms with Gasteiger partial charge in [-0.3, -0.25) is 4.79 Å². The van der Waals surface area contributed by atoms with Crippen LogP contribution < -0.4 is 0 Å². The number of rotatable bonds is 14. The smallest absolute Gasteiger partial charge is 0.308 e. The number of ether oxygens (including phenoxy) is 1. The van der Waals surface area contributed by atoms with Crippen LogP contribution in [0.1, 0.15) is 78.1 Å². The first-order valence-electron chi connectivity index (χ1n) is 9.49. The second-order valence-corrected chi connectivity index (χ2v) is 12.5. The summed E-state index contributed by atoms with van der Waals surface area (Å²) in [5.41, 5.74) is 0. The molecule has 0 N–H and O–H groups in total. The Labute approximate surface area is 145 Å². The molecule has 0 amide bonds. The summed E-state index contributed by atoms with van der Waals surface area (Å²) in [5.74, 6) is 0.687. The SMILES string of the molecule is COC(=O)CC(CCCCCCCCCC(C)C)O[Si](C)(C)C. The lowest BCUT2D eigenvalue weighted by Gasteiger charge is -2.25. The van der Waals surface area contributed by atoms with Gasteiger partial charge in [0.25, 0.3) is 0 Å². The van der Waals surface area contributed by atoms with Crippen LogP contribution in [0.3, 0.4) is 0 Å². The van der Waals surface area contributed by atoms with Crippen LogP contribution in [0.4, 0.5) is 0 Å². The lowest BCUT2D eigenvalue weighted by Crippen LogP contribution is -2.33. The van der Waals surface area contributed by atoms with E-state index >= 15 is 0 Å². The highest BCUT2D eigenvalue weighted by molar-refractivity contribution is 6.69. The third-order valence-electron chi connectivity index (χ3n) is 3.95. The minimum atomic E-state index is -1.61. The molecule has 1 unspecified atom stereocenters. The fraction of sp³-hybridized carbons (Fsp3) is 0.947. The number of hydrogen-bond acceptors (Lipinski definition) is 3. The third kappa shape index (κ3) is 16.3. The van der Waals surface area contributed by atoms with E-state index in [2.05, 4.69) is 33.5 Å². The van der Waals surface area contributed by atoms with Crippen LogP contribution in [0.15, 0.2) is 0 Å². The molecule has 0 heterocycles. The summed E-state index contributed by atoms with van der Waals surface area (Å²) in [6.07, 6.45) is 11.9. The van der Waals surface area contributed by atoms with Crippen molar-refractivity contribution in [3.05, 3.63) is 0 Å². The minimum Gasteiger partial charge on any atom is -0.469 e. The van der Waals surface area contributed by atoms with Crippen molar-refractivity contribution in [3.63, 3.8) is 0 Å². The van der Waals surface area contributed by atoms with Crippen molar-refractivity contribution in [1.82, 2.24) is 0 Å².